The van der Waals surface area contributed by atoms with Crippen LogP contribution in [-0.4, -0.2) is 31.3 Å². The van der Waals surface area contributed by atoms with Gasteiger partial charge in [0, 0.05) is 0 Å². The lowest BCUT2D eigenvalue weighted by molar-refractivity contribution is -0.145. The van der Waals surface area contributed by atoms with E-state index in [1.54, 1.807) is 6.92 Å². The van der Waals surface area contributed by atoms with Crippen LogP contribution in [0.1, 0.15) is 18.3 Å². The lowest BCUT2D eigenvalue weighted by atomic mass is 10.2. The quantitative estimate of drug-likeness (QED) is 0.802. The zero-order chi connectivity index (χ0) is 15.9. The predicted octanol–water partition coefficient (Wildman–Crippen LogP) is 2.19. The number of halogens is 3. The highest BCUT2D eigenvalue weighted by molar-refractivity contribution is 5.80. The first kappa shape index (κ1) is 14.5. The normalized spacial score (nSPS) is 12.2. The molecule has 1 N–H and O–H groups in total. The van der Waals surface area contributed by atoms with Crippen molar-refractivity contribution in [2.45, 2.75) is 19.7 Å². The molecule has 0 unspecified atom stereocenters. The molecule has 116 valence electrons. The molecule has 0 radical (unpaired) electrons. The molecule has 3 aromatic rings. The third-order valence-electron chi connectivity index (χ3n) is 3.07. The molecule has 1 aromatic carbocycles. The van der Waals surface area contributed by atoms with Gasteiger partial charge < -0.3 is 9.84 Å². The molecule has 22 heavy (non-hydrogen) atoms. The van der Waals surface area contributed by atoms with E-state index in [0.717, 1.165) is 4.40 Å². The number of benzene rings is 1. The van der Waals surface area contributed by atoms with Crippen molar-refractivity contribution in [3.05, 3.63) is 29.6 Å². The maximum Gasteiger partial charge on any atom is 0.452 e. The standard InChI is InChI=1S/C13H11F3N4O2/c1-2-22-11-10-18-19-12(13(14,15)16)20(10)9-4-3-7(6-21)5-8(9)17-11/h3-5,21H,2,6H2,1H3. The molecule has 0 aliphatic rings. The fourth-order valence-electron chi connectivity index (χ4n) is 2.17. The number of rotatable bonds is 3. The summed E-state index contributed by atoms with van der Waals surface area (Å²) in [6.45, 7) is 1.67. The molecule has 6 nitrogen and oxygen atoms in total. The summed E-state index contributed by atoms with van der Waals surface area (Å²) in [7, 11) is 0. The van der Waals surface area contributed by atoms with E-state index < -0.39 is 12.0 Å². The van der Waals surface area contributed by atoms with Gasteiger partial charge in [0.2, 0.25) is 11.5 Å². The zero-order valence-electron chi connectivity index (χ0n) is 11.4. The molecular weight excluding hydrogens is 301 g/mol. The van der Waals surface area contributed by atoms with E-state index in [2.05, 4.69) is 15.2 Å². The lowest BCUT2D eigenvalue weighted by Gasteiger charge is -2.10. The Labute approximate surface area is 122 Å². The molecule has 9 heteroatoms. The number of ether oxygens (including phenoxy) is 1. The van der Waals surface area contributed by atoms with Gasteiger partial charge in [-0.25, -0.2) is 4.98 Å². The lowest BCUT2D eigenvalue weighted by Crippen LogP contribution is -2.12. The van der Waals surface area contributed by atoms with Gasteiger partial charge >= 0.3 is 6.18 Å². The maximum absolute atomic E-state index is 13.1. The van der Waals surface area contributed by atoms with Crippen molar-refractivity contribution in [1.82, 2.24) is 19.6 Å². The maximum atomic E-state index is 13.1. The zero-order valence-corrected chi connectivity index (χ0v) is 11.4. The van der Waals surface area contributed by atoms with Crippen LogP contribution >= 0.6 is 0 Å². The van der Waals surface area contributed by atoms with E-state index in [9.17, 15) is 13.2 Å². The molecule has 0 bridgehead atoms. The monoisotopic (exact) mass is 312 g/mol. The topological polar surface area (TPSA) is 72.5 Å². The second-order valence-corrected chi connectivity index (χ2v) is 4.51. The number of alkyl halides is 3. The average Bonchev–Trinajstić information content (AvgIpc) is 2.92. The summed E-state index contributed by atoms with van der Waals surface area (Å²) in [4.78, 5) is 4.17. The molecule has 0 aliphatic heterocycles. The number of fused-ring (bicyclic) bond motifs is 3. The molecule has 0 amide bonds. The van der Waals surface area contributed by atoms with E-state index >= 15 is 0 Å². The Kier molecular flexibility index (Phi) is 3.36. The van der Waals surface area contributed by atoms with Gasteiger partial charge in [-0.05, 0) is 24.6 Å². The molecule has 0 aliphatic carbocycles. The van der Waals surface area contributed by atoms with Crippen molar-refractivity contribution in [1.29, 1.82) is 0 Å². The van der Waals surface area contributed by atoms with Crippen molar-refractivity contribution in [3.8, 4) is 5.88 Å². The number of nitrogens with zero attached hydrogens (tertiary/aromatic N) is 4. The summed E-state index contributed by atoms with van der Waals surface area (Å²) in [6.07, 6.45) is -4.66. The van der Waals surface area contributed by atoms with Gasteiger partial charge in [-0.3, -0.25) is 4.40 Å². The number of aliphatic hydroxyl groups excluding tert-OH is 1. The molecule has 0 atom stereocenters. The van der Waals surface area contributed by atoms with Crippen molar-refractivity contribution >= 4 is 16.7 Å². The minimum atomic E-state index is -4.66. The van der Waals surface area contributed by atoms with Crippen LogP contribution in [0.3, 0.4) is 0 Å². The summed E-state index contributed by atoms with van der Waals surface area (Å²) in [5.41, 5.74) is 0.877. The van der Waals surface area contributed by atoms with Gasteiger partial charge in [-0.2, -0.15) is 13.2 Å². The van der Waals surface area contributed by atoms with Crippen molar-refractivity contribution in [2.24, 2.45) is 0 Å². The van der Waals surface area contributed by atoms with Gasteiger partial charge in [0.1, 0.15) is 0 Å². The number of hydrogen-bond donors (Lipinski definition) is 1. The smallest absolute Gasteiger partial charge is 0.452 e. The van der Waals surface area contributed by atoms with Crippen molar-refractivity contribution in [2.75, 3.05) is 6.61 Å². The largest absolute Gasteiger partial charge is 0.475 e. The molecular formula is C13H11F3N4O2. The number of aromatic nitrogens is 4. The highest BCUT2D eigenvalue weighted by Gasteiger charge is 2.38. The Morgan fingerprint density at radius 2 is 2.05 bits per heavy atom. The molecule has 3 rings (SSSR count). The predicted molar refractivity (Wildman–Crippen MR) is 70.4 cm³/mol. The molecule has 0 spiro atoms. The van der Waals surface area contributed by atoms with Gasteiger partial charge in [0.25, 0.3) is 5.88 Å². The van der Waals surface area contributed by atoms with E-state index in [0.29, 0.717) is 5.56 Å². The third kappa shape index (κ3) is 2.23. The molecule has 0 saturated heterocycles. The summed E-state index contributed by atoms with van der Waals surface area (Å²) in [5, 5.41) is 15.9. The van der Waals surface area contributed by atoms with Crippen LogP contribution in [0.2, 0.25) is 0 Å². The van der Waals surface area contributed by atoms with Crippen LogP contribution in [-0.2, 0) is 12.8 Å². The van der Waals surface area contributed by atoms with Crippen LogP contribution in [0.25, 0.3) is 16.7 Å². The Morgan fingerprint density at radius 3 is 2.68 bits per heavy atom. The van der Waals surface area contributed by atoms with Gasteiger partial charge in [0.15, 0.2) is 0 Å². The fourth-order valence-corrected chi connectivity index (χ4v) is 2.17. The summed E-state index contributed by atoms with van der Waals surface area (Å²) in [6, 6.07) is 4.45. The van der Waals surface area contributed by atoms with E-state index in [1.165, 1.54) is 18.2 Å². The summed E-state index contributed by atoms with van der Waals surface area (Å²) >= 11 is 0. The Balaban J connectivity index is 2.43. The van der Waals surface area contributed by atoms with Crippen molar-refractivity contribution < 1.29 is 23.0 Å². The van der Waals surface area contributed by atoms with E-state index in [1.807, 2.05) is 0 Å². The summed E-state index contributed by atoms with van der Waals surface area (Å²) in [5.74, 6) is -1.18. The van der Waals surface area contributed by atoms with Crippen LogP contribution < -0.4 is 4.74 Å². The molecule has 0 saturated carbocycles. The third-order valence-corrected chi connectivity index (χ3v) is 3.07. The fraction of sp³-hybridized carbons (Fsp3) is 0.308. The van der Waals surface area contributed by atoms with Gasteiger partial charge in [0.05, 0.1) is 24.2 Å². The first-order valence-electron chi connectivity index (χ1n) is 6.44. The Morgan fingerprint density at radius 1 is 1.27 bits per heavy atom. The number of aliphatic hydroxyl groups is 1. The minimum absolute atomic E-state index is 0.0342. The van der Waals surface area contributed by atoms with Crippen LogP contribution in [0.15, 0.2) is 18.2 Å². The second kappa shape index (κ2) is 5.09. The second-order valence-electron chi connectivity index (χ2n) is 4.51. The molecule has 2 heterocycles. The Hall–Kier alpha value is -2.42. The van der Waals surface area contributed by atoms with Crippen LogP contribution in [0, 0.1) is 0 Å². The first-order valence-corrected chi connectivity index (χ1v) is 6.44. The number of hydrogen-bond acceptors (Lipinski definition) is 5. The average molecular weight is 312 g/mol. The summed E-state index contributed by atoms with van der Waals surface area (Å²) < 4.78 is 45.5. The SMILES string of the molecule is CCOc1nc2cc(CO)ccc2n2c(C(F)(F)F)nnc12. The highest BCUT2D eigenvalue weighted by atomic mass is 19.4. The van der Waals surface area contributed by atoms with E-state index in [4.69, 9.17) is 9.84 Å². The van der Waals surface area contributed by atoms with Gasteiger partial charge in [-0.1, -0.05) is 6.07 Å². The molecule has 2 aromatic heterocycles. The highest BCUT2D eigenvalue weighted by Crippen LogP contribution is 2.32. The Bertz CT molecular complexity index is 845. The molecule has 0 fully saturated rings. The minimum Gasteiger partial charge on any atom is -0.475 e. The van der Waals surface area contributed by atoms with Crippen LogP contribution in [0.5, 0.6) is 5.88 Å². The first-order chi connectivity index (χ1) is 10.5. The van der Waals surface area contributed by atoms with E-state index in [-0.39, 0.29) is 35.8 Å². The van der Waals surface area contributed by atoms with Crippen LogP contribution in [0.4, 0.5) is 13.2 Å². The van der Waals surface area contributed by atoms with Crippen molar-refractivity contribution in [3.63, 3.8) is 0 Å². The van der Waals surface area contributed by atoms with Gasteiger partial charge in [-0.15, -0.1) is 10.2 Å².